The lowest BCUT2D eigenvalue weighted by atomic mass is 10.2. The maximum absolute atomic E-state index is 11.7. The first-order valence-corrected chi connectivity index (χ1v) is 6.46. The number of furan rings is 1. The molecule has 7 nitrogen and oxygen atoms in total. The Balaban J connectivity index is 2.50. The fourth-order valence-electron chi connectivity index (χ4n) is 1.66. The molecule has 0 saturated carbocycles. The van der Waals surface area contributed by atoms with Gasteiger partial charge in [0.2, 0.25) is 5.91 Å². The molecule has 0 bridgehead atoms. The summed E-state index contributed by atoms with van der Waals surface area (Å²) in [5, 5.41) is 2.83. The molecule has 2 amide bonds. The van der Waals surface area contributed by atoms with E-state index in [0.717, 1.165) is 0 Å². The van der Waals surface area contributed by atoms with Crippen LogP contribution in [0.4, 0.5) is 0 Å². The zero-order chi connectivity index (χ0) is 15.1. The molecule has 0 aromatic carbocycles. The fraction of sp³-hybridized carbons (Fsp3) is 0.538. The summed E-state index contributed by atoms with van der Waals surface area (Å²) in [4.78, 5) is 24.9. The van der Waals surface area contributed by atoms with Gasteiger partial charge in [0.15, 0.2) is 0 Å². The second kappa shape index (κ2) is 7.66. The Morgan fingerprint density at radius 1 is 1.45 bits per heavy atom. The van der Waals surface area contributed by atoms with E-state index in [9.17, 15) is 9.59 Å². The predicted molar refractivity (Wildman–Crippen MR) is 74.5 cm³/mol. The van der Waals surface area contributed by atoms with Crippen LogP contribution >= 0.6 is 0 Å². The van der Waals surface area contributed by atoms with Gasteiger partial charge in [-0.1, -0.05) is 13.8 Å². The topological polar surface area (TPSA) is 101 Å². The molecular weight excluding hydrogens is 260 g/mol. The van der Waals surface area contributed by atoms with Crippen LogP contribution in [0.25, 0.3) is 0 Å². The molecule has 1 aromatic heterocycles. The van der Waals surface area contributed by atoms with Crippen LogP contribution in [0.3, 0.4) is 0 Å². The van der Waals surface area contributed by atoms with E-state index >= 15 is 0 Å². The molecule has 0 unspecified atom stereocenters. The Morgan fingerprint density at radius 2 is 2.15 bits per heavy atom. The first kappa shape index (κ1) is 16.2. The van der Waals surface area contributed by atoms with Crippen molar-refractivity contribution in [1.29, 1.82) is 0 Å². The molecule has 0 aliphatic carbocycles. The maximum atomic E-state index is 11.7. The molecule has 0 spiro atoms. The number of likely N-dealkylation sites (N-methyl/N-ethyl adjacent to an activating group) is 1. The zero-order valence-electron chi connectivity index (χ0n) is 12.1. The van der Waals surface area contributed by atoms with Crippen LogP contribution < -0.4 is 16.6 Å². The fourth-order valence-corrected chi connectivity index (χ4v) is 1.66. The lowest BCUT2D eigenvalue weighted by Gasteiger charge is -2.16. The van der Waals surface area contributed by atoms with E-state index in [2.05, 4.69) is 10.7 Å². The molecule has 1 aromatic rings. The molecule has 0 radical (unpaired) electrons. The van der Waals surface area contributed by atoms with Crippen molar-refractivity contribution in [2.75, 3.05) is 20.1 Å². The van der Waals surface area contributed by atoms with Gasteiger partial charge in [0.1, 0.15) is 5.76 Å². The number of hydrazine groups is 1. The van der Waals surface area contributed by atoms with Crippen LogP contribution in [0.5, 0.6) is 0 Å². The lowest BCUT2D eigenvalue weighted by Crippen LogP contribution is -2.37. The monoisotopic (exact) mass is 282 g/mol. The third-order valence-corrected chi connectivity index (χ3v) is 2.66. The second-order valence-electron chi connectivity index (χ2n) is 5.10. The van der Waals surface area contributed by atoms with Gasteiger partial charge in [-0.3, -0.25) is 19.9 Å². The van der Waals surface area contributed by atoms with E-state index in [1.165, 1.54) is 6.26 Å². The van der Waals surface area contributed by atoms with E-state index in [0.29, 0.717) is 30.3 Å². The Bertz CT molecular complexity index is 456. The number of nitrogen functional groups attached to an aromatic ring is 1. The maximum Gasteiger partial charge on any atom is 0.268 e. The molecule has 20 heavy (non-hydrogen) atoms. The molecule has 1 heterocycles. The van der Waals surface area contributed by atoms with E-state index in [1.54, 1.807) is 18.0 Å². The van der Waals surface area contributed by atoms with Crippen LogP contribution in [0.15, 0.2) is 16.7 Å². The van der Waals surface area contributed by atoms with Gasteiger partial charge in [0.05, 0.1) is 24.9 Å². The van der Waals surface area contributed by atoms with Gasteiger partial charge in [-0.05, 0) is 19.0 Å². The van der Waals surface area contributed by atoms with Crippen LogP contribution in [0, 0.1) is 5.92 Å². The van der Waals surface area contributed by atoms with Gasteiger partial charge < -0.3 is 9.73 Å². The van der Waals surface area contributed by atoms with Crippen molar-refractivity contribution in [3.63, 3.8) is 0 Å². The Hall–Kier alpha value is -1.86. The van der Waals surface area contributed by atoms with Gasteiger partial charge in [-0.15, -0.1) is 0 Å². The highest BCUT2D eigenvalue weighted by atomic mass is 16.3. The van der Waals surface area contributed by atoms with E-state index < -0.39 is 5.91 Å². The van der Waals surface area contributed by atoms with Gasteiger partial charge in [-0.2, -0.15) is 0 Å². The largest absolute Gasteiger partial charge is 0.467 e. The Labute approximate surface area is 118 Å². The highest BCUT2D eigenvalue weighted by Crippen LogP contribution is 2.12. The quantitative estimate of drug-likeness (QED) is 0.374. The van der Waals surface area contributed by atoms with Gasteiger partial charge in [0.25, 0.3) is 5.91 Å². The normalized spacial score (nSPS) is 10.9. The summed E-state index contributed by atoms with van der Waals surface area (Å²) < 4.78 is 5.25. The molecule has 0 fully saturated rings. The number of nitrogens with one attached hydrogen (secondary N) is 2. The molecule has 1 rings (SSSR count). The van der Waals surface area contributed by atoms with Crippen molar-refractivity contribution in [1.82, 2.24) is 15.6 Å². The second-order valence-corrected chi connectivity index (χ2v) is 5.10. The summed E-state index contributed by atoms with van der Waals surface area (Å²) in [6.07, 6.45) is 1.42. The number of hydrogen-bond acceptors (Lipinski definition) is 5. The molecule has 0 aliphatic rings. The molecule has 112 valence electrons. The number of hydrogen-bond donors (Lipinski definition) is 3. The molecule has 7 heteroatoms. The van der Waals surface area contributed by atoms with Crippen LogP contribution in [-0.4, -0.2) is 36.9 Å². The van der Waals surface area contributed by atoms with E-state index in [4.69, 9.17) is 10.3 Å². The number of rotatable bonds is 7. The standard InChI is InChI=1S/C13H22N4O3/c1-9(2)6-15-12(18)8-17(3)7-11-10(4-5-20-11)13(19)16-14/h4-5,9H,6-8,14H2,1-3H3,(H,15,18)(H,16,19). The van der Waals surface area contributed by atoms with Crippen molar-refractivity contribution in [3.8, 4) is 0 Å². The lowest BCUT2D eigenvalue weighted by molar-refractivity contribution is -0.122. The SMILES string of the molecule is CC(C)CNC(=O)CN(C)Cc1occc1C(=O)NN. The predicted octanol–water partition coefficient (Wildman–Crippen LogP) is 0.0871. The van der Waals surface area contributed by atoms with Crippen molar-refractivity contribution in [3.05, 3.63) is 23.7 Å². The van der Waals surface area contributed by atoms with Gasteiger partial charge >= 0.3 is 0 Å². The average Bonchev–Trinajstić information content (AvgIpc) is 2.83. The first-order valence-electron chi connectivity index (χ1n) is 6.46. The molecule has 0 aliphatic heterocycles. The highest BCUT2D eigenvalue weighted by Gasteiger charge is 2.16. The van der Waals surface area contributed by atoms with E-state index in [-0.39, 0.29) is 12.5 Å². The van der Waals surface area contributed by atoms with Crippen LogP contribution in [0.2, 0.25) is 0 Å². The minimum atomic E-state index is -0.411. The number of nitrogens with two attached hydrogens (primary N) is 1. The molecule has 0 saturated heterocycles. The van der Waals surface area contributed by atoms with Crippen LogP contribution in [0.1, 0.15) is 30.0 Å². The van der Waals surface area contributed by atoms with Crippen molar-refractivity contribution < 1.29 is 14.0 Å². The minimum absolute atomic E-state index is 0.0578. The number of carbonyl (C=O) groups excluding carboxylic acids is 2. The Kier molecular flexibility index (Phi) is 6.20. The van der Waals surface area contributed by atoms with Gasteiger partial charge in [0, 0.05) is 6.54 Å². The van der Waals surface area contributed by atoms with E-state index in [1.807, 2.05) is 13.8 Å². The summed E-state index contributed by atoms with van der Waals surface area (Å²) in [7, 11) is 1.78. The highest BCUT2D eigenvalue weighted by molar-refractivity contribution is 5.94. The van der Waals surface area contributed by atoms with Crippen molar-refractivity contribution >= 4 is 11.8 Å². The minimum Gasteiger partial charge on any atom is -0.467 e. The average molecular weight is 282 g/mol. The summed E-state index contributed by atoms with van der Waals surface area (Å²) >= 11 is 0. The summed E-state index contributed by atoms with van der Waals surface area (Å²) in [6, 6.07) is 1.55. The number of carbonyl (C=O) groups is 2. The first-order chi connectivity index (χ1) is 9.43. The smallest absolute Gasteiger partial charge is 0.268 e. The summed E-state index contributed by atoms with van der Waals surface area (Å²) in [6.45, 7) is 5.30. The molecule has 0 atom stereocenters. The summed E-state index contributed by atoms with van der Waals surface area (Å²) in [5.74, 6) is 5.51. The molecule has 4 N–H and O–H groups in total. The zero-order valence-corrected chi connectivity index (χ0v) is 12.1. The number of nitrogens with zero attached hydrogens (tertiary/aromatic N) is 1. The number of amides is 2. The third kappa shape index (κ3) is 5.02. The van der Waals surface area contributed by atoms with Crippen molar-refractivity contribution in [2.45, 2.75) is 20.4 Å². The third-order valence-electron chi connectivity index (χ3n) is 2.66. The Morgan fingerprint density at radius 3 is 2.75 bits per heavy atom. The van der Waals surface area contributed by atoms with Crippen molar-refractivity contribution in [2.24, 2.45) is 11.8 Å². The van der Waals surface area contributed by atoms with Crippen LogP contribution in [-0.2, 0) is 11.3 Å². The van der Waals surface area contributed by atoms with Gasteiger partial charge in [-0.25, -0.2) is 5.84 Å². The molecular formula is C13H22N4O3. The summed E-state index contributed by atoms with van der Waals surface area (Å²) in [5.41, 5.74) is 2.43.